The summed E-state index contributed by atoms with van der Waals surface area (Å²) in [7, 11) is -4.18. The van der Waals surface area contributed by atoms with Crippen LogP contribution in [-0.4, -0.2) is 43.8 Å². The van der Waals surface area contributed by atoms with Crippen molar-refractivity contribution in [2.24, 2.45) is 0 Å². The summed E-state index contributed by atoms with van der Waals surface area (Å²) >= 11 is 6.64. The fraction of sp³-hybridized carbons (Fsp3) is 0.350. The second kappa shape index (κ2) is 16.5. The van der Waals surface area contributed by atoms with Gasteiger partial charge in [0, 0.05) is 24.0 Å². The molecule has 9 heteroatoms. The monoisotopic (exact) mass is 699 g/mol. The van der Waals surface area contributed by atoms with Gasteiger partial charge in [0.05, 0.1) is 10.6 Å². The Morgan fingerprint density at radius 3 is 2.10 bits per heavy atom. The molecule has 1 N–H and O–H groups in total. The zero-order chi connectivity index (χ0) is 35.0. The van der Waals surface area contributed by atoms with Gasteiger partial charge in [-0.3, -0.25) is 13.9 Å². The van der Waals surface area contributed by atoms with Crippen molar-refractivity contribution in [3.63, 3.8) is 0 Å². The average Bonchev–Trinajstić information content (AvgIpc) is 3.10. The highest BCUT2D eigenvalue weighted by molar-refractivity contribution is 7.92. The Kier molecular flexibility index (Phi) is 12.2. The average molecular weight is 700 g/mol. The Morgan fingerprint density at radius 1 is 0.837 bits per heavy atom. The van der Waals surface area contributed by atoms with Gasteiger partial charge in [-0.25, -0.2) is 8.42 Å². The van der Waals surface area contributed by atoms with E-state index in [4.69, 9.17) is 11.6 Å². The number of nitrogens with zero attached hydrogens (tertiary/aromatic N) is 2. The quantitative estimate of drug-likeness (QED) is 0.153. The van der Waals surface area contributed by atoms with Gasteiger partial charge >= 0.3 is 0 Å². The number of benzene rings is 4. The number of sulfonamides is 1. The number of amides is 2. The summed E-state index contributed by atoms with van der Waals surface area (Å²) in [4.78, 5) is 30.6. The molecule has 2 amide bonds. The first-order valence-electron chi connectivity index (χ1n) is 17.1. The molecule has 0 saturated heterocycles. The SMILES string of the molecule is Cc1ccc(S(=O)(=O)N(CC(=O)N(Cc2ccccc2Cl)C(Cc2ccccc2)C(=O)NC2CCCCC2)c2ccc(C(C)C)cc2)cc1. The molecule has 1 aliphatic rings. The number of hydrogen-bond acceptors (Lipinski definition) is 4. The van der Waals surface area contributed by atoms with Crippen molar-refractivity contribution in [2.75, 3.05) is 10.8 Å². The van der Waals surface area contributed by atoms with E-state index in [1.165, 1.54) is 4.90 Å². The van der Waals surface area contributed by atoms with Gasteiger partial charge in [0.25, 0.3) is 10.0 Å². The Morgan fingerprint density at radius 2 is 1.47 bits per heavy atom. The predicted molar refractivity (Wildman–Crippen MR) is 197 cm³/mol. The Balaban J connectivity index is 1.57. The fourth-order valence-electron chi connectivity index (χ4n) is 6.30. The molecule has 0 bridgehead atoms. The normalized spacial score (nSPS) is 14.3. The molecule has 258 valence electrons. The van der Waals surface area contributed by atoms with Crippen LogP contribution < -0.4 is 9.62 Å². The van der Waals surface area contributed by atoms with Crippen molar-refractivity contribution in [1.82, 2.24) is 10.2 Å². The summed E-state index contributed by atoms with van der Waals surface area (Å²) in [6.45, 7) is 5.54. The van der Waals surface area contributed by atoms with E-state index >= 15 is 0 Å². The molecule has 49 heavy (non-hydrogen) atoms. The molecule has 0 aliphatic heterocycles. The third-order valence-electron chi connectivity index (χ3n) is 9.26. The van der Waals surface area contributed by atoms with Crippen LogP contribution in [0.2, 0.25) is 5.02 Å². The molecule has 1 atom stereocenters. The van der Waals surface area contributed by atoms with E-state index < -0.39 is 28.5 Å². The summed E-state index contributed by atoms with van der Waals surface area (Å²) in [6, 6.07) is 29.8. The molecule has 7 nitrogen and oxygen atoms in total. The zero-order valence-electron chi connectivity index (χ0n) is 28.5. The Bertz CT molecular complexity index is 1810. The van der Waals surface area contributed by atoms with Crippen LogP contribution in [0.4, 0.5) is 5.69 Å². The summed E-state index contributed by atoms with van der Waals surface area (Å²) in [5, 5.41) is 3.70. The zero-order valence-corrected chi connectivity index (χ0v) is 30.1. The minimum atomic E-state index is -4.18. The minimum Gasteiger partial charge on any atom is -0.352 e. The molecule has 4 aromatic carbocycles. The van der Waals surface area contributed by atoms with Gasteiger partial charge in [-0.1, -0.05) is 123 Å². The standard InChI is InChI=1S/C40H46ClN3O4S/c1-29(2)32-20-22-35(23-21-32)44(49(47,48)36-24-18-30(3)19-25-36)28-39(45)43(27-33-14-10-11-17-37(33)41)38(26-31-12-6-4-7-13-31)40(46)42-34-15-8-5-9-16-34/h4,6-7,10-14,17-25,29,34,38H,5,8-9,15-16,26-28H2,1-3H3,(H,42,46). The maximum absolute atomic E-state index is 14.8. The lowest BCUT2D eigenvalue weighted by molar-refractivity contribution is -0.140. The molecule has 0 heterocycles. The van der Waals surface area contributed by atoms with Crippen LogP contribution in [0.5, 0.6) is 0 Å². The fourth-order valence-corrected chi connectivity index (χ4v) is 7.91. The van der Waals surface area contributed by atoms with Crippen LogP contribution in [0.3, 0.4) is 0 Å². The van der Waals surface area contributed by atoms with Crippen LogP contribution >= 0.6 is 11.6 Å². The number of carbonyl (C=O) groups is 2. The van der Waals surface area contributed by atoms with E-state index in [1.54, 1.807) is 42.5 Å². The number of hydrogen-bond donors (Lipinski definition) is 1. The second-order valence-corrected chi connectivity index (χ2v) is 15.5. The molecule has 1 fully saturated rings. The molecule has 1 unspecified atom stereocenters. The third kappa shape index (κ3) is 9.31. The smallest absolute Gasteiger partial charge is 0.264 e. The van der Waals surface area contributed by atoms with Crippen molar-refractivity contribution in [2.45, 2.75) is 88.7 Å². The molecule has 0 spiro atoms. The van der Waals surface area contributed by atoms with Crippen molar-refractivity contribution in [3.05, 3.63) is 130 Å². The lowest BCUT2D eigenvalue weighted by atomic mass is 9.94. The lowest BCUT2D eigenvalue weighted by Gasteiger charge is -2.35. The number of nitrogens with one attached hydrogen (secondary N) is 1. The van der Waals surface area contributed by atoms with Crippen molar-refractivity contribution >= 4 is 39.1 Å². The Hall–Kier alpha value is -4.14. The van der Waals surface area contributed by atoms with Gasteiger partial charge < -0.3 is 10.2 Å². The molecule has 5 rings (SSSR count). The second-order valence-electron chi connectivity index (χ2n) is 13.2. The van der Waals surface area contributed by atoms with Gasteiger partial charge in [0.2, 0.25) is 11.8 Å². The largest absolute Gasteiger partial charge is 0.352 e. The van der Waals surface area contributed by atoms with E-state index in [0.717, 1.165) is 53.1 Å². The summed E-state index contributed by atoms with van der Waals surface area (Å²) in [6.07, 6.45) is 5.24. The van der Waals surface area contributed by atoms with Crippen LogP contribution in [0.25, 0.3) is 0 Å². The summed E-state index contributed by atoms with van der Waals surface area (Å²) < 4.78 is 29.8. The number of aryl methyl sites for hydroxylation is 1. The number of rotatable bonds is 13. The first-order chi connectivity index (χ1) is 23.5. The molecular weight excluding hydrogens is 654 g/mol. The number of halogens is 1. The van der Waals surface area contributed by atoms with Crippen LogP contribution in [0, 0.1) is 6.92 Å². The first kappa shape index (κ1) is 36.1. The molecule has 1 aliphatic carbocycles. The van der Waals surface area contributed by atoms with Gasteiger partial charge in [0.1, 0.15) is 12.6 Å². The van der Waals surface area contributed by atoms with E-state index in [-0.39, 0.29) is 35.7 Å². The highest BCUT2D eigenvalue weighted by Gasteiger charge is 2.35. The summed E-state index contributed by atoms with van der Waals surface area (Å²) in [5.74, 6) is -0.529. The highest BCUT2D eigenvalue weighted by atomic mass is 35.5. The van der Waals surface area contributed by atoms with E-state index in [1.807, 2.05) is 67.6 Å². The van der Waals surface area contributed by atoms with Crippen molar-refractivity contribution in [1.29, 1.82) is 0 Å². The maximum Gasteiger partial charge on any atom is 0.264 e. The summed E-state index contributed by atoms with van der Waals surface area (Å²) in [5.41, 5.74) is 3.88. The molecule has 4 aromatic rings. The van der Waals surface area contributed by atoms with E-state index in [2.05, 4.69) is 19.2 Å². The van der Waals surface area contributed by atoms with Crippen molar-refractivity contribution < 1.29 is 18.0 Å². The van der Waals surface area contributed by atoms with Gasteiger partial charge in [-0.15, -0.1) is 0 Å². The van der Waals surface area contributed by atoms with E-state index in [9.17, 15) is 18.0 Å². The molecule has 1 saturated carbocycles. The van der Waals surface area contributed by atoms with Gasteiger partial charge in [-0.05, 0) is 72.7 Å². The Labute approximate surface area is 296 Å². The molecular formula is C40H46ClN3O4S. The van der Waals surface area contributed by atoms with Gasteiger partial charge in [0.15, 0.2) is 0 Å². The van der Waals surface area contributed by atoms with Crippen LogP contribution in [-0.2, 0) is 32.6 Å². The third-order valence-corrected chi connectivity index (χ3v) is 11.4. The van der Waals surface area contributed by atoms with Crippen molar-refractivity contribution in [3.8, 4) is 0 Å². The molecule has 0 aromatic heterocycles. The highest BCUT2D eigenvalue weighted by Crippen LogP contribution is 2.28. The predicted octanol–water partition coefficient (Wildman–Crippen LogP) is 8.06. The van der Waals surface area contributed by atoms with Crippen LogP contribution in [0.15, 0.2) is 108 Å². The number of carbonyl (C=O) groups excluding carboxylic acids is 2. The van der Waals surface area contributed by atoms with E-state index in [0.29, 0.717) is 16.3 Å². The first-order valence-corrected chi connectivity index (χ1v) is 18.9. The van der Waals surface area contributed by atoms with Gasteiger partial charge in [-0.2, -0.15) is 0 Å². The maximum atomic E-state index is 14.8. The topological polar surface area (TPSA) is 86.8 Å². The number of anilines is 1. The minimum absolute atomic E-state index is 0.0228. The molecule has 0 radical (unpaired) electrons. The lowest BCUT2D eigenvalue weighted by Crippen LogP contribution is -2.55. The van der Waals surface area contributed by atoms with Crippen LogP contribution in [0.1, 0.15) is 74.1 Å².